The van der Waals surface area contributed by atoms with Crippen LogP contribution in [0, 0.1) is 0 Å². The molecule has 1 aromatic rings. The number of piperidine rings is 1. The van der Waals surface area contributed by atoms with Gasteiger partial charge in [-0.2, -0.15) is 0 Å². The number of likely N-dealkylation sites (tertiary alicyclic amines) is 1. The second kappa shape index (κ2) is 6.62. The van der Waals surface area contributed by atoms with Crippen LogP contribution in [0.3, 0.4) is 0 Å². The molecule has 4 heteroatoms. The summed E-state index contributed by atoms with van der Waals surface area (Å²) in [6, 6.07) is 9.30. The number of rotatable bonds is 4. The molecule has 0 amide bonds. The van der Waals surface area contributed by atoms with Crippen LogP contribution in [0.2, 0.25) is 0 Å². The molecule has 0 spiro atoms. The summed E-state index contributed by atoms with van der Waals surface area (Å²) in [5.41, 5.74) is 1.35. The highest BCUT2D eigenvalue weighted by molar-refractivity contribution is 14.1. The lowest BCUT2D eigenvalue weighted by Gasteiger charge is -2.46. The van der Waals surface area contributed by atoms with Gasteiger partial charge in [-0.25, -0.2) is 3.11 Å². The summed E-state index contributed by atoms with van der Waals surface area (Å²) in [6.07, 6.45) is 4.07. The van der Waals surface area contributed by atoms with Gasteiger partial charge in [-0.1, -0.05) is 19.1 Å². The van der Waals surface area contributed by atoms with Gasteiger partial charge in [0.25, 0.3) is 0 Å². The maximum Gasteiger partial charge on any atom is 0.124 e. The van der Waals surface area contributed by atoms with E-state index in [0.29, 0.717) is 6.10 Å². The number of ether oxygens (including phenoxy) is 1. The molecule has 2 saturated heterocycles. The van der Waals surface area contributed by atoms with Crippen molar-refractivity contribution in [3.8, 4) is 5.75 Å². The summed E-state index contributed by atoms with van der Waals surface area (Å²) in [7, 11) is 0. The van der Waals surface area contributed by atoms with Gasteiger partial charge in [0, 0.05) is 55.1 Å². The van der Waals surface area contributed by atoms with Crippen LogP contribution in [0.1, 0.15) is 25.3 Å². The molecule has 110 valence electrons. The minimum Gasteiger partial charge on any atom is -0.488 e. The zero-order valence-electron chi connectivity index (χ0n) is 12.1. The van der Waals surface area contributed by atoms with Gasteiger partial charge < -0.3 is 4.74 Å². The number of aryl methyl sites for hydroxylation is 1. The third kappa shape index (κ3) is 3.46. The van der Waals surface area contributed by atoms with Crippen LogP contribution in [0.25, 0.3) is 0 Å². The zero-order chi connectivity index (χ0) is 13.9. The van der Waals surface area contributed by atoms with E-state index < -0.39 is 0 Å². The smallest absolute Gasteiger partial charge is 0.124 e. The fourth-order valence-electron chi connectivity index (χ4n) is 3.07. The average molecular weight is 386 g/mol. The molecule has 0 radical (unpaired) electrons. The van der Waals surface area contributed by atoms with E-state index in [1.54, 1.807) is 0 Å². The predicted molar refractivity (Wildman–Crippen MR) is 90.4 cm³/mol. The molecule has 1 aromatic carbocycles. The molecule has 0 aliphatic carbocycles. The quantitative estimate of drug-likeness (QED) is 0.584. The minimum absolute atomic E-state index is 0.389. The van der Waals surface area contributed by atoms with Gasteiger partial charge in [-0.05, 0) is 37.0 Å². The van der Waals surface area contributed by atoms with E-state index in [1.807, 2.05) is 0 Å². The first-order valence-electron chi connectivity index (χ1n) is 7.65. The molecule has 0 N–H and O–H groups in total. The predicted octanol–water partition coefficient (Wildman–Crippen LogP) is 3.13. The first kappa shape index (κ1) is 14.6. The van der Waals surface area contributed by atoms with Gasteiger partial charge >= 0.3 is 0 Å². The Balaban J connectivity index is 1.46. The van der Waals surface area contributed by atoms with Gasteiger partial charge in [0.15, 0.2) is 0 Å². The normalized spacial score (nSPS) is 22.7. The van der Waals surface area contributed by atoms with Crippen LogP contribution < -0.4 is 4.74 Å². The average Bonchev–Trinajstić information content (AvgIpc) is 2.44. The maximum absolute atomic E-state index is 6.08. The Labute approximate surface area is 135 Å². The highest BCUT2D eigenvalue weighted by atomic mass is 127. The van der Waals surface area contributed by atoms with Gasteiger partial charge in [0.05, 0.1) is 0 Å². The third-order valence-electron chi connectivity index (χ3n) is 4.41. The number of hydrogen-bond donors (Lipinski definition) is 0. The van der Waals surface area contributed by atoms with E-state index in [2.05, 4.69) is 62.1 Å². The van der Waals surface area contributed by atoms with Gasteiger partial charge in [-0.15, -0.1) is 0 Å². The molecule has 2 fully saturated rings. The Hall–Kier alpha value is -0.330. The van der Waals surface area contributed by atoms with Crippen LogP contribution >= 0.6 is 22.9 Å². The summed E-state index contributed by atoms with van der Waals surface area (Å²) in [6.45, 7) is 6.84. The highest BCUT2D eigenvalue weighted by Gasteiger charge is 2.35. The number of benzene rings is 1. The third-order valence-corrected chi connectivity index (χ3v) is 5.38. The lowest BCUT2D eigenvalue weighted by atomic mass is 9.99. The van der Waals surface area contributed by atoms with Crippen LogP contribution in [-0.4, -0.2) is 46.3 Å². The Morgan fingerprint density at radius 1 is 1.25 bits per heavy atom. The second-order valence-electron chi connectivity index (χ2n) is 5.84. The van der Waals surface area contributed by atoms with Crippen LogP contribution in [0.15, 0.2) is 24.3 Å². The van der Waals surface area contributed by atoms with Crippen molar-refractivity contribution >= 4 is 22.9 Å². The molecule has 0 unspecified atom stereocenters. The molecule has 2 heterocycles. The Morgan fingerprint density at radius 3 is 2.70 bits per heavy atom. The summed E-state index contributed by atoms with van der Waals surface area (Å²) >= 11 is 2.44. The highest BCUT2D eigenvalue weighted by Crippen LogP contribution is 2.26. The number of halogens is 1. The van der Waals surface area contributed by atoms with Crippen molar-refractivity contribution in [2.24, 2.45) is 0 Å². The van der Waals surface area contributed by atoms with Crippen LogP contribution in [0.4, 0.5) is 0 Å². The minimum atomic E-state index is 0.389. The van der Waals surface area contributed by atoms with Crippen molar-refractivity contribution in [3.63, 3.8) is 0 Å². The molecule has 0 aromatic heterocycles. The topological polar surface area (TPSA) is 15.7 Å². The standard InChI is InChI=1S/C16H23IN2O/c1-2-13-4-3-5-15(10-13)20-16-11-18(12-16)14-6-8-19(17)9-7-14/h3-5,10,14,16H,2,6-9,11-12H2,1H3. The molecule has 3 nitrogen and oxygen atoms in total. The fourth-order valence-corrected chi connectivity index (χ4v) is 3.63. The summed E-state index contributed by atoms with van der Waals surface area (Å²) in [4.78, 5) is 2.60. The summed E-state index contributed by atoms with van der Waals surface area (Å²) < 4.78 is 8.48. The molecule has 0 bridgehead atoms. The first-order valence-corrected chi connectivity index (χ1v) is 8.61. The molecule has 0 atom stereocenters. The monoisotopic (exact) mass is 386 g/mol. The van der Waals surface area contributed by atoms with Crippen molar-refractivity contribution in [3.05, 3.63) is 29.8 Å². The molecule has 3 rings (SSSR count). The molecule has 0 saturated carbocycles. The molecular formula is C16H23IN2O. The zero-order valence-corrected chi connectivity index (χ0v) is 14.3. The number of nitrogens with zero attached hydrogens (tertiary/aromatic N) is 2. The summed E-state index contributed by atoms with van der Waals surface area (Å²) in [5.74, 6) is 1.04. The number of hydrogen-bond acceptors (Lipinski definition) is 3. The molecule has 2 aliphatic heterocycles. The lowest BCUT2D eigenvalue weighted by molar-refractivity contribution is -0.0200. The Bertz CT molecular complexity index is 440. The van der Waals surface area contributed by atoms with Crippen molar-refractivity contribution < 1.29 is 4.74 Å². The van der Waals surface area contributed by atoms with Gasteiger partial charge in [0.2, 0.25) is 0 Å². The molecule has 2 aliphatic rings. The van der Waals surface area contributed by atoms with Crippen LogP contribution in [-0.2, 0) is 6.42 Å². The SMILES string of the molecule is CCc1cccc(OC2CN(C3CCN(I)CC3)C2)c1. The van der Waals surface area contributed by atoms with Crippen molar-refractivity contribution in [1.29, 1.82) is 0 Å². The van der Waals surface area contributed by atoms with Gasteiger partial charge in [-0.3, -0.25) is 4.90 Å². The van der Waals surface area contributed by atoms with E-state index in [-0.39, 0.29) is 0 Å². The molecule has 20 heavy (non-hydrogen) atoms. The van der Waals surface area contributed by atoms with E-state index in [1.165, 1.54) is 31.5 Å². The van der Waals surface area contributed by atoms with Crippen molar-refractivity contribution in [2.75, 3.05) is 26.2 Å². The van der Waals surface area contributed by atoms with Crippen molar-refractivity contribution in [1.82, 2.24) is 8.01 Å². The second-order valence-corrected chi connectivity index (χ2v) is 7.20. The Morgan fingerprint density at radius 2 is 2.00 bits per heavy atom. The fraction of sp³-hybridized carbons (Fsp3) is 0.625. The van der Waals surface area contributed by atoms with Crippen molar-refractivity contribution in [2.45, 2.75) is 38.3 Å². The largest absolute Gasteiger partial charge is 0.488 e. The first-order chi connectivity index (χ1) is 9.74. The van der Waals surface area contributed by atoms with E-state index in [9.17, 15) is 0 Å². The maximum atomic E-state index is 6.08. The Kier molecular flexibility index (Phi) is 4.83. The van der Waals surface area contributed by atoms with E-state index in [0.717, 1.165) is 31.3 Å². The molecular weight excluding hydrogens is 363 g/mol. The van der Waals surface area contributed by atoms with Crippen LogP contribution in [0.5, 0.6) is 5.75 Å². The summed E-state index contributed by atoms with van der Waals surface area (Å²) in [5, 5.41) is 0. The van der Waals surface area contributed by atoms with Gasteiger partial charge in [0.1, 0.15) is 11.9 Å². The van der Waals surface area contributed by atoms with E-state index >= 15 is 0 Å². The lowest BCUT2D eigenvalue weighted by Crippen LogP contribution is -2.59. The van der Waals surface area contributed by atoms with E-state index in [4.69, 9.17) is 4.74 Å².